The van der Waals surface area contributed by atoms with Crippen molar-refractivity contribution >= 4 is 29.0 Å². The van der Waals surface area contributed by atoms with E-state index >= 15 is 0 Å². The fraction of sp³-hybridized carbons (Fsp3) is 0.467. The third-order valence-corrected chi connectivity index (χ3v) is 3.48. The molecule has 1 amide bonds. The molecule has 1 aliphatic rings. The zero-order valence-electron chi connectivity index (χ0n) is 11.5. The largest absolute Gasteiger partial charge is 0.305 e. The average molecular weight is 280 g/mol. The predicted molar refractivity (Wildman–Crippen MR) is 76.8 cm³/mol. The normalized spacial score (nSPS) is 15.1. The number of hydrogen-bond acceptors (Lipinski definition) is 2. The van der Waals surface area contributed by atoms with Crippen LogP contribution in [0.4, 0.5) is 5.69 Å². The van der Waals surface area contributed by atoms with E-state index in [1.54, 1.807) is 23.1 Å². The Morgan fingerprint density at radius 1 is 1.21 bits per heavy atom. The number of fused-ring (bicyclic) bond motifs is 1. The maximum absolute atomic E-state index is 12.0. The highest BCUT2D eigenvalue weighted by atomic mass is 35.5. The predicted octanol–water partition coefficient (Wildman–Crippen LogP) is 3.70. The van der Waals surface area contributed by atoms with Crippen molar-refractivity contribution in [2.24, 2.45) is 5.41 Å². The zero-order valence-corrected chi connectivity index (χ0v) is 12.3. The molecule has 2 rings (SSSR count). The quantitative estimate of drug-likeness (QED) is 0.791. The van der Waals surface area contributed by atoms with Crippen LogP contribution in [0.3, 0.4) is 0 Å². The Balaban J connectivity index is 2.15. The van der Waals surface area contributed by atoms with Gasteiger partial charge in [-0.25, -0.2) is 0 Å². The van der Waals surface area contributed by atoms with Crippen molar-refractivity contribution in [3.05, 3.63) is 28.8 Å². The summed E-state index contributed by atoms with van der Waals surface area (Å²) in [6.07, 6.45) is 1.89. The van der Waals surface area contributed by atoms with Gasteiger partial charge >= 0.3 is 0 Å². The summed E-state index contributed by atoms with van der Waals surface area (Å²) in [6, 6.07) is 5.03. The molecule has 0 spiro atoms. The van der Waals surface area contributed by atoms with Crippen LogP contribution in [0.5, 0.6) is 0 Å². The monoisotopic (exact) mass is 279 g/mol. The van der Waals surface area contributed by atoms with Gasteiger partial charge in [0.1, 0.15) is 0 Å². The number of rotatable bonds is 3. The molecule has 0 saturated heterocycles. The number of carbonyl (C=O) groups is 2. The Morgan fingerprint density at radius 2 is 1.89 bits per heavy atom. The van der Waals surface area contributed by atoms with Crippen molar-refractivity contribution in [1.82, 2.24) is 0 Å². The first kappa shape index (κ1) is 14.1. The summed E-state index contributed by atoms with van der Waals surface area (Å²) >= 11 is 5.87. The van der Waals surface area contributed by atoms with Gasteiger partial charge in [-0.1, -0.05) is 32.4 Å². The van der Waals surface area contributed by atoms with Gasteiger partial charge in [0.15, 0.2) is 0 Å². The summed E-state index contributed by atoms with van der Waals surface area (Å²) in [4.78, 5) is 25.4. The number of hydrogen-bond donors (Lipinski definition) is 0. The van der Waals surface area contributed by atoms with Crippen LogP contribution in [0.25, 0.3) is 0 Å². The maximum Gasteiger partial charge on any atom is 0.299 e. The van der Waals surface area contributed by atoms with Crippen LogP contribution in [0.1, 0.15) is 44.0 Å². The highest BCUT2D eigenvalue weighted by molar-refractivity contribution is 6.52. The van der Waals surface area contributed by atoms with Gasteiger partial charge in [-0.05, 0) is 36.5 Å². The summed E-state index contributed by atoms with van der Waals surface area (Å²) in [5, 5.41) is 0.483. The second kappa shape index (κ2) is 4.97. The van der Waals surface area contributed by atoms with Crippen molar-refractivity contribution < 1.29 is 9.59 Å². The molecule has 0 atom stereocenters. The van der Waals surface area contributed by atoms with E-state index in [1.165, 1.54) is 0 Å². The van der Waals surface area contributed by atoms with Crippen LogP contribution in [0.15, 0.2) is 18.2 Å². The number of benzene rings is 1. The van der Waals surface area contributed by atoms with Crippen LogP contribution < -0.4 is 4.90 Å². The van der Waals surface area contributed by atoms with E-state index in [0.29, 0.717) is 22.8 Å². The van der Waals surface area contributed by atoms with Gasteiger partial charge in [-0.2, -0.15) is 0 Å². The van der Waals surface area contributed by atoms with Gasteiger partial charge in [0.2, 0.25) is 0 Å². The van der Waals surface area contributed by atoms with E-state index in [2.05, 4.69) is 20.8 Å². The molecular formula is C15H18ClNO2. The van der Waals surface area contributed by atoms with E-state index in [1.807, 2.05) is 0 Å². The number of carbonyl (C=O) groups excluding carboxylic acids is 2. The van der Waals surface area contributed by atoms with Gasteiger partial charge < -0.3 is 4.90 Å². The second-order valence-corrected chi connectivity index (χ2v) is 6.55. The number of anilines is 1. The van der Waals surface area contributed by atoms with Gasteiger partial charge in [-0.15, -0.1) is 0 Å². The highest BCUT2D eigenvalue weighted by Crippen LogP contribution is 2.32. The molecule has 1 aromatic carbocycles. The third-order valence-electron chi connectivity index (χ3n) is 3.24. The standard InChI is InChI=1S/C15H18ClNO2/c1-15(2,3)7-4-8-17-12-6-5-10(16)9-11(12)13(18)14(17)19/h5-6,9H,4,7-8H2,1-3H3. The van der Waals surface area contributed by atoms with E-state index in [4.69, 9.17) is 11.6 Å². The minimum atomic E-state index is -0.451. The minimum Gasteiger partial charge on any atom is -0.305 e. The third kappa shape index (κ3) is 2.98. The minimum absolute atomic E-state index is 0.232. The molecule has 0 bridgehead atoms. The summed E-state index contributed by atoms with van der Waals surface area (Å²) in [6.45, 7) is 7.07. The molecule has 0 aliphatic carbocycles. The van der Waals surface area contributed by atoms with Crippen LogP contribution in [-0.2, 0) is 4.79 Å². The van der Waals surface area contributed by atoms with Crippen molar-refractivity contribution in [2.75, 3.05) is 11.4 Å². The van der Waals surface area contributed by atoms with Crippen LogP contribution >= 0.6 is 11.6 Å². The number of Topliss-reactive ketones (excluding diaryl/α,β-unsaturated/α-hetero) is 1. The Bertz CT molecular complexity index is 531. The summed E-state index contributed by atoms with van der Waals surface area (Å²) in [7, 11) is 0. The second-order valence-electron chi connectivity index (χ2n) is 6.11. The molecule has 0 unspecified atom stereocenters. The van der Waals surface area contributed by atoms with Crippen LogP contribution in [0.2, 0.25) is 5.02 Å². The molecule has 19 heavy (non-hydrogen) atoms. The Labute approximate surface area is 118 Å². The first-order valence-corrected chi connectivity index (χ1v) is 6.83. The molecule has 1 aliphatic heterocycles. The lowest BCUT2D eigenvalue weighted by molar-refractivity contribution is -0.114. The molecule has 3 nitrogen and oxygen atoms in total. The molecule has 0 fully saturated rings. The summed E-state index contributed by atoms with van der Waals surface area (Å²) in [5.74, 6) is -0.889. The average Bonchev–Trinajstić information content (AvgIpc) is 2.53. The van der Waals surface area contributed by atoms with Crippen molar-refractivity contribution in [3.8, 4) is 0 Å². The van der Waals surface area contributed by atoms with Gasteiger partial charge in [0, 0.05) is 11.6 Å². The van der Waals surface area contributed by atoms with Gasteiger partial charge in [0.25, 0.3) is 11.7 Å². The molecule has 4 heteroatoms. The molecule has 1 aromatic rings. The van der Waals surface area contributed by atoms with Crippen molar-refractivity contribution in [1.29, 1.82) is 0 Å². The lowest BCUT2D eigenvalue weighted by atomic mass is 9.90. The molecule has 102 valence electrons. The number of nitrogens with zero attached hydrogens (tertiary/aromatic N) is 1. The number of halogens is 1. The molecule has 0 radical (unpaired) electrons. The summed E-state index contributed by atoms with van der Waals surface area (Å²) in [5.41, 5.74) is 1.34. The van der Waals surface area contributed by atoms with E-state index < -0.39 is 11.7 Å². The molecule has 0 saturated carbocycles. The Kier molecular flexibility index (Phi) is 3.68. The fourth-order valence-corrected chi connectivity index (χ4v) is 2.43. The van der Waals surface area contributed by atoms with Crippen LogP contribution in [0, 0.1) is 5.41 Å². The van der Waals surface area contributed by atoms with E-state index in [-0.39, 0.29) is 5.41 Å². The van der Waals surface area contributed by atoms with E-state index in [9.17, 15) is 9.59 Å². The Hall–Kier alpha value is -1.35. The first-order chi connectivity index (χ1) is 8.79. The highest BCUT2D eigenvalue weighted by Gasteiger charge is 2.35. The summed E-state index contributed by atoms with van der Waals surface area (Å²) < 4.78 is 0. The zero-order chi connectivity index (χ0) is 14.2. The number of amides is 1. The molecule has 1 heterocycles. The van der Waals surface area contributed by atoms with Gasteiger partial charge in [0.05, 0.1) is 11.3 Å². The smallest absolute Gasteiger partial charge is 0.299 e. The van der Waals surface area contributed by atoms with Crippen molar-refractivity contribution in [3.63, 3.8) is 0 Å². The Morgan fingerprint density at radius 3 is 2.53 bits per heavy atom. The van der Waals surface area contributed by atoms with Crippen molar-refractivity contribution in [2.45, 2.75) is 33.6 Å². The van der Waals surface area contributed by atoms with Crippen LogP contribution in [-0.4, -0.2) is 18.2 Å². The molecule has 0 aromatic heterocycles. The lowest BCUT2D eigenvalue weighted by Gasteiger charge is -2.21. The topological polar surface area (TPSA) is 37.4 Å². The SMILES string of the molecule is CC(C)(C)CCCN1C(=O)C(=O)c2cc(Cl)ccc21. The maximum atomic E-state index is 12.0. The first-order valence-electron chi connectivity index (χ1n) is 6.45. The lowest BCUT2D eigenvalue weighted by Crippen LogP contribution is -2.31. The molecule has 0 N–H and O–H groups in total. The van der Waals surface area contributed by atoms with E-state index in [0.717, 1.165) is 12.8 Å². The fourth-order valence-electron chi connectivity index (χ4n) is 2.26. The molecular weight excluding hydrogens is 262 g/mol. The number of ketones is 1. The van der Waals surface area contributed by atoms with Gasteiger partial charge in [-0.3, -0.25) is 9.59 Å².